The summed E-state index contributed by atoms with van der Waals surface area (Å²) in [6.45, 7) is 12.7. The number of aromatic nitrogens is 2. The highest BCUT2D eigenvalue weighted by atomic mass is 16.6. The van der Waals surface area contributed by atoms with Gasteiger partial charge < -0.3 is 21.1 Å². The van der Waals surface area contributed by atoms with E-state index in [2.05, 4.69) is 40.7 Å². The molecule has 4 rings (SSSR count). The highest BCUT2D eigenvalue weighted by molar-refractivity contribution is 5.96. The van der Waals surface area contributed by atoms with Crippen LogP contribution in [0.3, 0.4) is 0 Å². The number of carbonyl (C=O) groups is 2. The normalized spacial score (nSPS) is 12.9. The Morgan fingerprint density at radius 1 is 1.05 bits per heavy atom. The van der Waals surface area contributed by atoms with Gasteiger partial charge in [0, 0.05) is 35.1 Å². The van der Waals surface area contributed by atoms with Crippen molar-refractivity contribution in [3.8, 4) is 11.1 Å². The van der Waals surface area contributed by atoms with Gasteiger partial charge in [0.25, 0.3) is 5.91 Å². The first-order valence-electron chi connectivity index (χ1n) is 13.9. The summed E-state index contributed by atoms with van der Waals surface area (Å²) in [5, 5.41) is 7.18. The molecule has 214 valence electrons. The Balaban J connectivity index is 1.50. The van der Waals surface area contributed by atoms with E-state index < -0.39 is 12.2 Å². The molecule has 2 amide bonds. The van der Waals surface area contributed by atoms with Crippen LogP contribution in [0.2, 0.25) is 0 Å². The number of benzene rings is 3. The van der Waals surface area contributed by atoms with Crippen LogP contribution in [-0.2, 0) is 11.2 Å². The second-order valence-corrected chi connectivity index (χ2v) is 11.5. The van der Waals surface area contributed by atoms with Crippen LogP contribution >= 0.6 is 0 Å². The number of primary amides is 1. The Morgan fingerprint density at radius 2 is 1.83 bits per heavy atom. The maximum Gasteiger partial charge on any atom is 0.405 e. The third-order valence-electron chi connectivity index (χ3n) is 6.92. The fourth-order valence-corrected chi connectivity index (χ4v) is 4.98. The van der Waals surface area contributed by atoms with Crippen molar-refractivity contribution in [2.75, 3.05) is 11.9 Å². The first-order valence-corrected chi connectivity index (χ1v) is 13.9. The average molecular weight is 554 g/mol. The molecule has 4 N–H and O–H groups in total. The molecule has 0 saturated heterocycles. The van der Waals surface area contributed by atoms with Gasteiger partial charge in [-0.1, -0.05) is 57.2 Å². The van der Waals surface area contributed by atoms with Crippen LogP contribution in [0.1, 0.15) is 67.8 Å². The van der Waals surface area contributed by atoms with E-state index in [0.717, 1.165) is 45.1 Å². The molecular weight excluding hydrogens is 514 g/mol. The Bertz CT molecular complexity index is 1560. The minimum Gasteiger partial charge on any atom is -0.441 e. The molecule has 8 nitrogen and oxygen atoms in total. The first-order chi connectivity index (χ1) is 19.4. The van der Waals surface area contributed by atoms with Gasteiger partial charge in [0.15, 0.2) is 0 Å². The van der Waals surface area contributed by atoms with Crippen molar-refractivity contribution in [1.29, 1.82) is 0 Å². The van der Waals surface area contributed by atoms with Crippen molar-refractivity contribution in [2.24, 2.45) is 11.1 Å². The van der Waals surface area contributed by atoms with E-state index in [1.165, 1.54) is 0 Å². The van der Waals surface area contributed by atoms with Crippen molar-refractivity contribution >= 4 is 28.9 Å². The van der Waals surface area contributed by atoms with Crippen molar-refractivity contribution in [1.82, 2.24) is 15.3 Å². The second kappa shape index (κ2) is 12.4. The SMILES string of the molecule is CCNC(=O)c1ccc(C)c(-c2ccc3nc(N[C@@H](C)Cc4cccc(C(OC(N)=O)C(C)(C)C)c4)ncc3c2)c1. The van der Waals surface area contributed by atoms with E-state index in [0.29, 0.717) is 18.1 Å². The summed E-state index contributed by atoms with van der Waals surface area (Å²) in [7, 11) is 0. The van der Waals surface area contributed by atoms with Crippen molar-refractivity contribution < 1.29 is 14.3 Å². The van der Waals surface area contributed by atoms with E-state index in [9.17, 15) is 9.59 Å². The maximum absolute atomic E-state index is 12.4. The van der Waals surface area contributed by atoms with Crippen molar-refractivity contribution in [3.05, 3.63) is 89.1 Å². The summed E-state index contributed by atoms with van der Waals surface area (Å²) in [5.74, 6) is 0.468. The largest absolute Gasteiger partial charge is 0.441 e. The monoisotopic (exact) mass is 553 g/mol. The molecule has 1 unspecified atom stereocenters. The third kappa shape index (κ3) is 7.39. The third-order valence-corrected chi connectivity index (χ3v) is 6.92. The predicted molar refractivity (Wildman–Crippen MR) is 164 cm³/mol. The summed E-state index contributed by atoms with van der Waals surface area (Å²) in [6.07, 6.45) is 1.31. The number of carbonyl (C=O) groups excluding carboxylic acids is 2. The van der Waals surface area contributed by atoms with Gasteiger partial charge in [0.05, 0.1) is 5.52 Å². The summed E-state index contributed by atoms with van der Waals surface area (Å²) in [5.41, 5.74) is 11.6. The molecule has 2 atom stereocenters. The highest BCUT2D eigenvalue weighted by Crippen LogP contribution is 2.36. The number of amides is 2. The molecule has 0 fully saturated rings. The number of ether oxygens (including phenoxy) is 1. The van der Waals surface area contributed by atoms with Crippen molar-refractivity contribution in [3.63, 3.8) is 0 Å². The summed E-state index contributed by atoms with van der Waals surface area (Å²) in [4.78, 5) is 33.2. The minimum atomic E-state index is -0.783. The van der Waals surface area contributed by atoms with Crippen LogP contribution in [0.4, 0.5) is 10.7 Å². The lowest BCUT2D eigenvalue weighted by Gasteiger charge is -2.30. The van der Waals surface area contributed by atoms with Gasteiger partial charge in [0.1, 0.15) is 6.10 Å². The molecule has 0 bridgehead atoms. The van der Waals surface area contributed by atoms with Crippen LogP contribution < -0.4 is 16.4 Å². The van der Waals surface area contributed by atoms with E-state index in [4.69, 9.17) is 15.5 Å². The number of hydrogen-bond donors (Lipinski definition) is 3. The average Bonchev–Trinajstić information content (AvgIpc) is 2.91. The fourth-order valence-electron chi connectivity index (χ4n) is 4.98. The first kappa shape index (κ1) is 29.5. The van der Waals surface area contributed by atoms with E-state index in [-0.39, 0.29) is 17.4 Å². The number of nitrogens with two attached hydrogens (primary N) is 1. The second-order valence-electron chi connectivity index (χ2n) is 11.5. The van der Waals surface area contributed by atoms with Crippen LogP contribution in [0.25, 0.3) is 22.0 Å². The fraction of sp³-hybridized carbons (Fsp3) is 0.333. The molecule has 4 aromatic rings. The summed E-state index contributed by atoms with van der Waals surface area (Å²) < 4.78 is 5.45. The number of nitrogens with one attached hydrogen (secondary N) is 2. The summed E-state index contributed by atoms with van der Waals surface area (Å²) >= 11 is 0. The Hall–Kier alpha value is -4.46. The van der Waals surface area contributed by atoms with Crippen LogP contribution in [0.15, 0.2) is 66.9 Å². The number of rotatable bonds is 9. The Morgan fingerprint density at radius 3 is 2.54 bits per heavy atom. The molecule has 3 aromatic carbocycles. The van der Waals surface area contributed by atoms with E-state index in [1.807, 2.05) is 83.3 Å². The van der Waals surface area contributed by atoms with Gasteiger partial charge in [-0.05, 0) is 79.3 Å². The lowest BCUT2D eigenvalue weighted by Crippen LogP contribution is -2.27. The maximum atomic E-state index is 12.4. The lowest BCUT2D eigenvalue weighted by molar-refractivity contribution is 0.0359. The number of hydrogen-bond acceptors (Lipinski definition) is 6. The van der Waals surface area contributed by atoms with Gasteiger partial charge in [0.2, 0.25) is 5.95 Å². The van der Waals surface area contributed by atoms with Gasteiger partial charge in [-0.15, -0.1) is 0 Å². The zero-order valence-corrected chi connectivity index (χ0v) is 24.6. The lowest BCUT2D eigenvalue weighted by atomic mass is 9.84. The number of aryl methyl sites for hydroxylation is 1. The number of nitrogens with zero attached hydrogens (tertiary/aromatic N) is 2. The highest BCUT2D eigenvalue weighted by Gasteiger charge is 2.29. The molecule has 8 heteroatoms. The van der Waals surface area contributed by atoms with Crippen molar-refractivity contribution in [2.45, 2.75) is 60.1 Å². The minimum absolute atomic E-state index is 0.0479. The van der Waals surface area contributed by atoms with Crippen LogP contribution in [-0.4, -0.2) is 34.6 Å². The Labute approximate surface area is 241 Å². The molecule has 0 aliphatic rings. The standard InChI is InChI=1S/C33H39N5O3/c1-7-35-30(39)25-12-11-20(2)27(18-25)23-13-14-28-26(17-23)19-36-32(38-28)37-21(3)15-22-9-8-10-24(16-22)29(33(4,5)6)41-31(34)40/h8-14,16-19,21,29H,7,15H2,1-6H3,(H2,34,40)(H,35,39)(H,36,37,38)/t21-,29?/m0/s1. The van der Waals surface area contributed by atoms with E-state index in [1.54, 1.807) is 0 Å². The zero-order chi connectivity index (χ0) is 29.7. The van der Waals surface area contributed by atoms with Crippen LogP contribution in [0.5, 0.6) is 0 Å². The Kier molecular flexibility index (Phi) is 8.91. The molecule has 0 aliphatic heterocycles. The van der Waals surface area contributed by atoms with E-state index >= 15 is 0 Å². The molecule has 0 spiro atoms. The number of anilines is 1. The smallest absolute Gasteiger partial charge is 0.405 e. The van der Waals surface area contributed by atoms with Gasteiger partial charge in [-0.25, -0.2) is 14.8 Å². The molecule has 0 aliphatic carbocycles. The van der Waals surface area contributed by atoms with Gasteiger partial charge in [-0.3, -0.25) is 4.79 Å². The molecular formula is C33H39N5O3. The predicted octanol–water partition coefficient (Wildman–Crippen LogP) is 6.58. The molecule has 41 heavy (non-hydrogen) atoms. The number of fused-ring (bicyclic) bond motifs is 1. The molecule has 1 aromatic heterocycles. The summed E-state index contributed by atoms with van der Waals surface area (Å²) in [6, 6.07) is 19.9. The van der Waals surface area contributed by atoms with Gasteiger partial charge in [-0.2, -0.15) is 0 Å². The molecule has 0 saturated carbocycles. The van der Waals surface area contributed by atoms with Gasteiger partial charge >= 0.3 is 6.09 Å². The zero-order valence-electron chi connectivity index (χ0n) is 24.6. The molecule has 0 radical (unpaired) electrons. The van der Waals surface area contributed by atoms with Crippen LogP contribution in [0, 0.1) is 12.3 Å². The molecule has 1 heterocycles. The topological polar surface area (TPSA) is 119 Å². The quantitative estimate of drug-likeness (QED) is 0.215.